The molecule has 1 aliphatic rings. The summed E-state index contributed by atoms with van der Waals surface area (Å²) < 4.78 is 26.7. The first kappa shape index (κ1) is 22.3. The molecule has 0 radical (unpaired) electrons. The SMILES string of the molecule is CC(C)C(=O)N[C@@H](Oc1ccc(C=N[C@H]2CCS(=O)(=O)C2)cc1)C(Cl)(Cl)Cl. The normalized spacial score (nSPS) is 20.7. The van der Waals surface area contributed by atoms with Gasteiger partial charge >= 0.3 is 0 Å². The molecule has 0 spiro atoms. The van der Waals surface area contributed by atoms with Crippen molar-refractivity contribution in [1.82, 2.24) is 5.32 Å². The molecule has 0 saturated carbocycles. The lowest BCUT2D eigenvalue weighted by molar-refractivity contribution is -0.126. The van der Waals surface area contributed by atoms with E-state index >= 15 is 0 Å². The van der Waals surface area contributed by atoms with Crippen LogP contribution >= 0.6 is 34.8 Å². The Bertz CT molecular complexity index is 789. The molecule has 1 amide bonds. The van der Waals surface area contributed by atoms with Gasteiger partial charge in [0.05, 0.1) is 17.5 Å². The molecule has 1 heterocycles. The zero-order chi connectivity index (χ0) is 20.2. The molecular weight excluding hydrogens is 435 g/mol. The Balaban J connectivity index is 2.01. The zero-order valence-corrected chi connectivity index (χ0v) is 17.9. The molecule has 0 bridgehead atoms. The quantitative estimate of drug-likeness (QED) is 0.406. The second kappa shape index (κ2) is 8.99. The van der Waals surface area contributed by atoms with Crippen molar-refractivity contribution in [3.05, 3.63) is 29.8 Å². The highest BCUT2D eigenvalue weighted by molar-refractivity contribution is 7.91. The fourth-order valence-electron chi connectivity index (χ4n) is 2.33. The predicted octanol–water partition coefficient (Wildman–Crippen LogP) is 3.14. The number of carbonyl (C=O) groups is 1. The molecule has 2 atom stereocenters. The standard InChI is InChI=1S/C17H21Cl3N2O4S/c1-11(2)15(23)22-16(17(18,19)20)26-14-5-3-12(4-6-14)9-21-13-7-8-27(24,25)10-13/h3-6,9,11,13,16H,7-8,10H2,1-2H3,(H,22,23)/t13-,16-/m0/s1. The Morgan fingerprint density at radius 3 is 2.41 bits per heavy atom. The van der Waals surface area contributed by atoms with Crippen LogP contribution in [0.2, 0.25) is 0 Å². The van der Waals surface area contributed by atoms with Gasteiger partial charge in [-0.3, -0.25) is 9.79 Å². The average molecular weight is 456 g/mol. The van der Waals surface area contributed by atoms with Crippen molar-refractivity contribution in [3.8, 4) is 5.75 Å². The maximum atomic E-state index is 11.9. The minimum Gasteiger partial charge on any atom is -0.466 e. The summed E-state index contributed by atoms with van der Waals surface area (Å²) in [5.74, 6) is 0.0759. The van der Waals surface area contributed by atoms with Gasteiger partial charge in [-0.15, -0.1) is 0 Å². The minimum atomic E-state index is -2.96. The van der Waals surface area contributed by atoms with Crippen LogP contribution in [0.15, 0.2) is 29.3 Å². The fraction of sp³-hybridized carbons (Fsp3) is 0.529. The topological polar surface area (TPSA) is 84.8 Å². The molecule has 0 aromatic heterocycles. The molecule has 1 aromatic carbocycles. The van der Waals surface area contributed by atoms with Crippen molar-refractivity contribution in [2.75, 3.05) is 11.5 Å². The summed E-state index contributed by atoms with van der Waals surface area (Å²) in [6.07, 6.45) is 1.02. The Morgan fingerprint density at radius 2 is 1.93 bits per heavy atom. The Kier molecular flexibility index (Phi) is 7.41. The number of hydrogen-bond donors (Lipinski definition) is 1. The largest absolute Gasteiger partial charge is 0.466 e. The van der Waals surface area contributed by atoms with Crippen LogP contribution in [0.3, 0.4) is 0 Å². The Labute approximate surface area is 174 Å². The van der Waals surface area contributed by atoms with Gasteiger partial charge in [0.25, 0.3) is 0 Å². The van der Waals surface area contributed by atoms with E-state index in [1.165, 1.54) is 0 Å². The van der Waals surface area contributed by atoms with Crippen molar-refractivity contribution in [2.45, 2.75) is 36.3 Å². The van der Waals surface area contributed by atoms with Crippen LogP contribution in [0, 0.1) is 5.92 Å². The fourth-order valence-corrected chi connectivity index (χ4v) is 4.26. The Morgan fingerprint density at radius 1 is 1.30 bits per heavy atom. The Hall–Kier alpha value is -1.02. The van der Waals surface area contributed by atoms with Crippen molar-refractivity contribution < 1.29 is 17.9 Å². The number of alkyl halides is 3. The van der Waals surface area contributed by atoms with Crippen LogP contribution in [-0.2, 0) is 14.6 Å². The lowest BCUT2D eigenvalue weighted by atomic mass is 10.2. The number of carbonyl (C=O) groups excluding carboxylic acids is 1. The molecular formula is C17H21Cl3N2O4S. The van der Waals surface area contributed by atoms with Crippen molar-refractivity contribution in [1.29, 1.82) is 0 Å². The van der Waals surface area contributed by atoms with Gasteiger partial charge in [0.2, 0.25) is 15.9 Å². The summed E-state index contributed by atoms with van der Waals surface area (Å²) in [6.45, 7) is 3.43. The van der Waals surface area contributed by atoms with E-state index in [9.17, 15) is 13.2 Å². The van der Waals surface area contributed by atoms with E-state index in [-0.39, 0.29) is 29.4 Å². The first-order chi connectivity index (χ1) is 12.5. The lowest BCUT2D eigenvalue weighted by Crippen LogP contribution is -2.49. The van der Waals surface area contributed by atoms with E-state index in [1.54, 1.807) is 44.3 Å². The van der Waals surface area contributed by atoms with Crippen LogP contribution in [-0.4, -0.2) is 48.1 Å². The summed E-state index contributed by atoms with van der Waals surface area (Å²) in [4.78, 5) is 16.2. The van der Waals surface area contributed by atoms with Crippen molar-refractivity contribution >= 4 is 56.8 Å². The molecule has 1 fully saturated rings. The molecule has 0 unspecified atom stereocenters. The minimum absolute atomic E-state index is 0.0885. The molecule has 1 aliphatic heterocycles. The molecule has 1 aromatic rings. The second-order valence-corrected chi connectivity index (χ2v) is 11.2. The molecule has 27 heavy (non-hydrogen) atoms. The summed E-state index contributed by atoms with van der Waals surface area (Å²) in [5.41, 5.74) is 0.781. The van der Waals surface area contributed by atoms with E-state index in [0.717, 1.165) is 5.56 Å². The summed E-state index contributed by atoms with van der Waals surface area (Å²) in [6, 6.07) is 6.57. The summed E-state index contributed by atoms with van der Waals surface area (Å²) in [7, 11) is -2.96. The lowest BCUT2D eigenvalue weighted by Gasteiger charge is -2.27. The van der Waals surface area contributed by atoms with Crippen LogP contribution < -0.4 is 10.1 Å². The van der Waals surface area contributed by atoms with Gasteiger partial charge in [0.1, 0.15) is 5.75 Å². The molecule has 0 aliphatic carbocycles. The third-order valence-corrected chi connectivity index (χ3v) is 6.22. The van der Waals surface area contributed by atoms with E-state index in [4.69, 9.17) is 39.5 Å². The monoisotopic (exact) mass is 454 g/mol. The number of aliphatic imine (C=N–C) groups is 1. The van der Waals surface area contributed by atoms with Gasteiger partial charge < -0.3 is 10.1 Å². The number of nitrogens with zero attached hydrogens (tertiary/aromatic N) is 1. The third-order valence-electron chi connectivity index (χ3n) is 3.87. The predicted molar refractivity (Wildman–Crippen MR) is 109 cm³/mol. The highest BCUT2D eigenvalue weighted by Crippen LogP contribution is 2.32. The van der Waals surface area contributed by atoms with Gasteiger partial charge in [0, 0.05) is 12.1 Å². The smallest absolute Gasteiger partial charge is 0.246 e. The maximum absolute atomic E-state index is 11.9. The van der Waals surface area contributed by atoms with Gasteiger partial charge in [-0.25, -0.2) is 8.42 Å². The average Bonchev–Trinajstić information content (AvgIpc) is 2.91. The van der Waals surface area contributed by atoms with Crippen LogP contribution in [0.4, 0.5) is 0 Å². The van der Waals surface area contributed by atoms with Crippen LogP contribution in [0.5, 0.6) is 5.75 Å². The van der Waals surface area contributed by atoms with Gasteiger partial charge in [0.15, 0.2) is 9.84 Å². The number of amides is 1. The van der Waals surface area contributed by atoms with E-state index < -0.39 is 19.9 Å². The zero-order valence-electron chi connectivity index (χ0n) is 14.9. The highest BCUT2D eigenvalue weighted by atomic mass is 35.6. The molecule has 150 valence electrons. The number of halogens is 3. The number of sulfone groups is 1. The van der Waals surface area contributed by atoms with E-state index in [0.29, 0.717) is 12.2 Å². The molecule has 1 saturated heterocycles. The first-order valence-electron chi connectivity index (χ1n) is 8.34. The number of hydrogen-bond acceptors (Lipinski definition) is 5. The summed E-state index contributed by atoms with van der Waals surface area (Å²) >= 11 is 17.7. The van der Waals surface area contributed by atoms with Gasteiger partial charge in [-0.05, 0) is 36.2 Å². The number of rotatable bonds is 6. The number of nitrogens with one attached hydrogen (secondary N) is 1. The summed E-state index contributed by atoms with van der Waals surface area (Å²) in [5, 5.41) is 2.55. The third kappa shape index (κ3) is 7.14. The van der Waals surface area contributed by atoms with Gasteiger partial charge in [-0.1, -0.05) is 48.7 Å². The second-order valence-electron chi connectivity index (χ2n) is 6.61. The van der Waals surface area contributed by atoms with Gasteiger partial charge in [-0.2, -0.15) is 0 Å². The number of benzene rings is 1. The maximum Gasteiger partial charge on any atom is 0.246 e. The highest BCUT2D eigenvalue weighted by Gasteiger charge is 2.36. The van der Waals surface area contributed by atoms with Crippen molar-refractivity contribution in [2.24, 2.45) is 10.9 Å². The molecule has 10 heteroatoms. The molecule has 6 nitrogen and oxygen atoms in total. The van der Waals surface area contributed by atoms with Crippen LogP contribution in [0.25, 0.3) is 0 Å². The van der Waals surface area contributed by atoms with Crippen LogP contribution in [0.1, 0.15) is 25.8 Å². The molecule has 1 N–H and O–H groups in total. The van der Waals surface area contributed by atoms with Crippen molar-refractivity contribution in [3.63, 3.8) is 0 Å². The first-order valence-corrected chi connectivity index (χ1v) is 11.3. The number of ether oxygens (including phenoxy) is 1. The van der Waals surface area contributed by atoms with E-state index in [1.807, 2.05) is 0 Å². The molecule has 2 rings (SSSR count). The van der Waals surface area contributed by atoms with E-state index in [2.05, 4.69) is 10.3 Å².